The van der Waals surface area contributed by atoms with Gasteiger partial charge in [-0.1, -0.05) is 162 Å². The second-order valence-corrected chi connectivity index (χ2v) is 38.1. The van der Waals surface area contributed by atoms with E-state index in [4.69, 9.17) is 84.9 Å². The molecule has 592 valence electrons. The van der Waals surface area contributed by atoms with Crippen molar-refractivity contribution in [2.45, 2.75) is 94.6 Å². The number of benzene rings is 7. The van der Waals surface area contributed by atoms with Crippen molar-refractivity contribution in [1.82, 2.24) is 50.4 Å². The van der Waals surface area contributed by atoms with Crippen LogP contribution in [-0.2, 0) is 46.8 Å². The number of fused-ring (bicyclic) bond motifs is 4. The number of sulfone groups is 3. The Morgan fingerprint density at radius 2 is 0.781 bits per heavy atom. The molecule has 0 radical (unpaired) electrons. The summed E-state index contributed by atoms with van der Waals surface area (Å²) in [6, 6.07) is 40.6. The summed E-state index contributed by atoms with van der Waals surface area (Å²) < 4.78 is 123. The van der Waals surface area contributed by atoms with Gasteiger partial charge in [0.1, 0.15) is 34.5 Å². The molecule has 3 N–H and O–H groups in total. The quantitative estimate of drug-likeness (QED) is 0.0918. The van der Waals surface area contributed by atoms with Gasteiger partial charge in [-0.15, -0.1) is 0 Å². The van der Waals surface area contributed by atoms with Crippen molar-refractivity contribution in [2.75, 3.05) is 30.3 Å². The van der Waals surface area contributed by atoms with Crippen LogP contribution < -0.4 is 16.1 Å². The number of hydrogen-bond acceptors (Lipinski definition) is 13. The predicted octanol–water partition coefficient (Wildman–Crippen LogP) is 17.9. The monoisotopic (exact) mass is 1720 g/mol. The van der Waals surface area contributed by atoms with Gasteiger partial charge in [0, 0.05) is 50.9 Å². The van der Waals surface area contributed by atoms with Gasteiger partial charge in [-0.3, -0.25) is 19.8 Å². The molecule has 114 heavy (non-hydrogen) atoms. The highest BCUT2D eigenvalue weighted by Crippen LogP contribution is 2.42. The Morgan fingerprint density at radius 3 is 1.14 bits per heavy atom. The van der Waals surface area contributed by atoms with E-state index in [1.54, 1.807) is 103 Å². The van der Waals surface area contributed by atoms with Gasteiger partial charge in [0.05, 0.1) is 89.8 Å². The van der Waals surface area contributed by atoms with Gasteiger partial charge in [0.15, 0.2) is 29.5 Å². The maximum Gasteiger partial charge on any atom is 0.284 e. The van der Waals surface area contributed by atoms with Crippen LogP contribution in [0.4, 0.5) is 13.2 Å². The Kier molecular flexibility index (Phi) is 24.5. The van der Waals surface area contributed by atoms with Crippen LogP contribution in [0.1, 0.15) is 159 Å². The summed E-state index contributed by atoms with van der Waals surface area (Å²) in [4.78, 5) is 41.4. The molecule has 0 bridgehead atoms. The van der Waals surface area contributed by atoms with Crippen LogP contribution in [0, 0.1) is 35.2 Å². The highest BCUT2D eigenvalue weighted by atomic mass is 35.5. The molecule has 2 saturated carbocycles. The molecule has 4 atom stereocenters. The van der Waals surface area contributed by atoms with E-state index in [0.29, 0.717) is 112 Å². The normalized spacial score (nSPS) is 19.6. The number of aromatic nitrogens is 6. The van der Waals surface area contributed by atoms with E-state index in [1.165, 1.54) is 69.4 Å². The topological polar surface area (TPSA) is 246 Å². The number of hydrazine groups is 1. The third kappa shape index (κ3) is 18.7. The van der Waals surface area contributed by atoms with Gasteiger partial charge in [-0.25, -0.2) is 57.5 Å². The van der Waals surface area contributed by atoms with Crippen LogP contribution in [-0.4, -0.2) is 114 Å². The first kappa shape index (κ1) is 81.7. The van der Waals surface area contributed by atoms with Gasteiger partial charge >= 0.3 is 0 Å². The molecule has 4 aliphatic heterocycles. The fourth-order valence-electron chi connectivity index (χ4n) is 15.7. The fourth-order valence-corrected chi connectivity index (χ4v) is 21.7. The molecule has 10 aromatic rings. The lowest BCUT2D eigenvalue weighted by Crippen LogP contribution is -2.42. The zero-order valence-corrected chi connectivity index (χ0v) is 68.4. The smallest absolute Gasteiger partial charge is 0.284 e. The maximum absolute atomic E-state index is 13.8. The zero-order chi connectivity index (χ0) is 80.7. The van der Waals surface area contributed by atoms with Crippen molar-refractivity contribution in [2.24, 2.45) is 17.8 Å². The number of rotatable bonds is 14. The van der Waals surface area contributed by atoms with Gasteiger partial charge in [0.25, 0.3) is 17.7 Å². The number of nitrogens with zero attached hydrogens (tertiary/aromatic N) is 7. The van der Waals surface area contributed by atoms with E-state index >= 15 is 0 Å². The summed E-state index contributed by atoms with van der Waals surface area (Å²) in [6.07, 6.45) is 14.1. The van der Waals surface area contributed by atoms with E-state index in [2.05, 4.69) is 16.1 Å². The van der Waals surface area contributed by atoms with Gasteiger partial charge in [0.2, 0.25) is 0 Å². The minimum Gasteiger partial charge on any atom is -0.348 e. The molecule has 7 heterocycles. The Morgan fingerprint density at radius 1 is 0.430 bits per heavy atom. The van der Waals surface area contributed by atoms with Crippen molar-refractivity contribution in [1.29, 1.82) is 0 Å². The number of hydrogen-bond donors (Lipinski definition) is 3. The molecule has 0 spiro atoms. The summed E-state index contributed by atoms with van der Waals surface area (Å²) in [5, 5.41) is 24.2. The Hall–Kier alpha value is -8.86. The molecule has 3 fully saturated rings. The highest BCUT2D eigenvalue weighted by Gasteiger charge is 2.42. The van der Waals surface area contributed by atoms with Crippen molar-refractivity contribution < 1.29 is 52.8 Å². The van der Waals surface area contributed by atoms with E-state index in [0.717, 1.165) is 57.2 Å². The average molecular weight is 1720 g/mol. The summed E-state index contributed by atoms with van der Waals surface area (Å²) in [6.45, 7) is 5.37. The van der Waals surface area contributed by atoms with E-state index < -0.39 is 64.7 Å². The third-order valence-electron chi connectivity index (χ3n) is 21.1. The zero-order valence-electron chi connectivity index (χ0n) is 61.4. The summed E-state index contributed by atoms with van der Waals surface area (Å²) in [5.41, 5.74) is 10.6. The SMILES string of the molecule is C[C@H](NC(=O)c1c2c(nn1-c1ccc(Cl)cc1Cl)/C(=C/c1ccc(F)cc1)CS(=O)(=O)C2)C1CCCCC1.C[C@H](NC(=O)c1c2c(nn1-c1ccc(Cl)cc1Cl)/C(=C/c1ccc(F)cc1)CS(=O)(=O)C2)c1ccccc1.O=C(NN1CC2CCCC2C1)c1c2c(nn1-c1ccc(Cl)cc1Cl)/C(=C/c1ccc(F)cc1)CS(=O)(=O)C2. The third-order valence-corrected chi connectivity index (χ3v) is 27.2. The molecule has 6 aliphatic rings. The number of amides is 3. The van der Waals surface area contributed by atoms with Gasteiger partial charge in [-0.2, -0.15) is 15.3 Å². The van der Waals surface area contributed by atoms with Gasteiger partial charge < -0.3 is 10.6 Å². The van der Waals surface area contributed by atoms with Gasteiger partial charge in [-0.05, 0) is 205 Å². The number of carbonyl (C=O) groups is 3. The molecule has 3 aromatic heterocycles. The minimum atomic E-state index is -3.63. The predicted molar refractivity (Wildman–Crippen MR) is 442 cm³/mol. The Labute approximate surface area is 687 Å². The molecule has 7 aromatic carbocycles. The average Bonchev–Trinajstić information content (AvgIpc) is 1.60. The molecule has 2 aliphatic carbocycles. The molecule has 31 heteroatoms. The number of halogens is 9. The molecular weight excluding hydrogens is 1650 g/mol. The summed E-state index contributed by atoms with van der Waals surface area (Å²) >= 11 is 37.9. The first-order chi connectivity index (χ1) is 54.4. The number of nitrogens with one attached hydrogen (secondary N) is 3. The second kappa shape index (κ2) is 34.1. The molecule has 1 saturated heterocycles. The van der Waals surface area contributed by atoms with E-state index in [1.807, 2.05) is 49.2 Å². The standard InChI is InChI=1S/C28H28Cl2FN3O3S.C28H22Cl2FN3O3S.C27H25Cl2FN4O3S/c2*1-17(19-5-3-2-4-6-19)32-28(35)27-23-16-38(36,37)15-20(13-18-7-10-22(31)11-8-18)26(23)33-34(27)25-12-9-21(29)14-24(25)30;28-20-6-9-24(23(29)11-20)34-26(27(35)32-33-12-17-2-1-3-18(17)13-33)22-15-38(36,37)14-19(25(22)31-34)10-16-4-7-21(30)8-5-16/h7-14,17,19H,2-6,15-16H2,1H3,(H,32,35);2-14,17H,15-16H2,1H3,(H,32,35);4-11,17-18H,1-3,12-15H2,(H,32,35)/b2*20-13+;19-10+/t2*17-;/m00./s1. The van der Waals surface area contributed by atoms with Crippen LogP contribution in [0.15, 0.2) is 158 Å². The Bertz CT molecular complexity index is 5660. The van der Waals surface area contributed by atoms with Crippen molar-refractivity contribution >= 4 is 152 Å². The van der Waals surface area contributed by atoms with Crippen LogP contribution in [0.5, 0.6) is 0 Å². The lowest BCUT2D eigenvalue weighted by molar-refractivity contribution is 0.0804. The molecule has 3 amide bonds. The minimum absolute atomic E-state index is 0.0697. The summed E-state index contributed by atoms with van der Waals surface area (Å²) in [7, 11) is -10.8. The van der Waals surface area contributed by atoms with Crippen LogP contribution in [0.3, 0.4) is 0 Å². The fraction of sp³-hybridized carbons (Fsp3) is 0.277. The first-order valence-corrected chi connectivity index (χ1v) is 44.6. The number of carbonyl (C=O) groups excluding carboxylic acids is 3. The van der Waals surface area contributed by atoms with Crippen molar-refractivity contribution in [3.05, 3.63) is 278 Å². The van der Waals surface area contributed by atoms with Crippen LogP contribution in [0.2, 0.25) is 30.1 Å². The molecule has 2 unspecified atom stereocenters. The lowest BCUT2D eigenvalue weighted by Gasteiger charge is -2.28. The van der Waals surface area contributed by atoms with E-state index in [9.17, 15) is 52.8 Å². The second-order valence-electron chi connectivity index (χ2n) is 29.4. The largest absolute Gasteiger partial charge is 0.348 e. The molecular formula is C83H75Cl6F3N10O9S3. The first-order valence-electron chi connectivity index (χ1n) is 36.8. The highest BCUT2D eigenvalue weighted by molar-refractivity contribution is 7.91. The maximum atomic E-state index is 13.8. The van der Waals surface area contributed by atoms with E-state index in [-0.39, 0.29) is 84.3 Å². The Balaban J connectivity index is 0.000000141. The molecule has 16 rings (SSSR count). The van der Waals surface area contributed by atoms with Crippen LogP contribution in [0.25, 0.3) is 52.0 Å². The lowest BCUT2D eigenvalue weighted by atomic mass is 9.84. The van der Waals surface area contributed by atoms with Crippen molar-refractivity contribution in [3.8, 4) is 17.1 Å². The van der Waals surface area contributed by atoms with Crippen LogP contribution >= 0.6 is 69.6 Å². The van der Waals surface area contributed by atoms with Crippen molar-refractivity contribution in [3.63, 3.8) is 0 Å². The molecule has 19 nitrogen and oxygen atoms in total. The summed E-state index contributed by atoms with van der Waals surface area (Å²) in [5.74, 6) is -2.85.